The van der Waals surface area contributed by atoms with E-state index < -0.39 is 5.97 Å². The van der Waals surface area contributed by atoms with Crippen molar-refractivity contribution in [2.45, 2.75) is 19.4 Å². The van der Waals surface area contributed by atoms with Gasteiger partial charge in [-0.2, -0.15) is 0 Å². The number of carboxylic acid groups (broad SMARTS) is 1. The molecule has 1 aromatic heterocycles. The van der Waals surface area contributed by atoms with E-state index >= 15 is 0 Å². The van der Waals surface area contributed by atoms with Crippen molar-refractivity contribution in [3.8, 4) is 0 Å². The maximum absolute atomic E-state index is 11.5. The number of nitrogens with one attached hydrogen (secondary N) is 2. The van der Waals surface area contributed by atoms with Crippen LogP contribution in [0.1, 0.15) is 23.7 Å². The second-order valence-electron chi connectivity index (χ2n) is 3.89. The van der Waals surface area contributed by atoms with Crippen molar-refractivity contribution >= 4 is 28.3 Å². The molecule has 0 saturated heterocycles. The fraction of sp³-hybridized carbons (Fsp3) is 0.400. The molecule has 1 fully saturated rings. The monoisotopic (exact) mass is 240 g/mol. The van der Waals surface area contributed by atoms with E-state index in [0.29, 0.717) is 10.9 Å². The average molecular weight is 240 g/mol. The summed E-state index contributed by atoms with van der Waals surface area (Å²) < 4.78 is 0. The molecule has 2 unspecified atom stereocenters. The first-order valence-corrected chi connectivity index (χ1v) is 5.84. The van der Waals surface area contributed by atoms with Crippen LogP contribution in [0.3, 0.4) is 0 Å². The number of carbonyl (C=O) groups excluding carboxylic acids is 1. The minimum atomic E-state index is -1.03. The van der Waals surface area contributed by atoms with Gasteiger partial charge >= 0.3 is 12.0 Å². The Morgan fingerprint density at radius 1 is 1.56 bits per heavy atom. The summed E-state index contributed by atoms with van der Waals surface area (Å²) in [5.41, 5.74) is 0.129. The van der Waals surface area contributed by atoms with Crippen molar-refractivity contribution in [3.63, 3.8) is 0 Å². The molecule has 0 bridgehead atoms. The minimum absolute atomic E-state index is 0.129. The van der Waals surface area contributed by atoms with E-state index in [2.05, 4.69) is 17.6 Å². The Morgan fingerprint density at radius 3 is 2.81 bits per heavy atom. The number of carboxylic acids is 1. The number of urea groups is 1. The zero-order valence-corrected chi connectivity index (χ0v) is 9.50. The van der Waals surface area contributed by atoms with Crippen LogP contribution in [0.2, 0.25) is 0 Å². The lowest BCUT2D eigenvalue weighted by Crippen LogP contribution is -2.31. The van der Waals surface area contributed by atoms with Crippen LogP contribution in [-0.2, 0) is 0 Å². The summed E-state index contributed by atoms with van der Waals surface area (Å²) in [7, 11) is 0. The van der Waals surface area contributed by atoms with E-state index in [0.717, 1.165) is 6.42 Å². The van der Waals surface area contributed by atoms with Crippen LogP contribution in [0.25, 0.3) is 0 Å². The van der Waals surface area contributed by atoms with Gasteiger partial charge in [0.25, 0.3) is 0 Å². The third-order valence-electron chi connectivity index (χ3n) is 2.55. The van der Waals surface area contributed by atoms with Crippen molar-refractivity contribution in [3.05, 3.63) is 17.0 Å². The van der Waals surface area contributed by atoms with Crippen LogP contribution in [0.4, 0.5) is 9.80 Å². The molecule has 16 heavy (non-hydrogen) atoms. The van der Waals surface area contributed by atoms with Crippen molar-refractivity contribution in [2.75, 3.05) is 5.32 Å². The molecule has 1 heterocycles. The Morgan fingerprint density at radius 2 is 2.25 bits per heavy atom. The zero-order chi connectivity index (χ0) is 11.7. The van der Waals surface area contributed by atoms with Crippen LogP contribution in [0.5, 0.6) is 0 Å². The zero-order valence-electron chi connectivity index (χ0n) is 8.69. The maximum Gasteiger partial charge on any atom is 0.338 e. The highest BCUT2D eigenvalue weighted by Crippen LogP contribution is 2.29. The van der Waals surface area contributed by atoms with Crippen molar-refractivity contribution in [1.82, 2.24) is 5.32 Å². The third-order valence-corrected chi connectivity index (χ3v) is 3.38. The highest BCUT2D eigenvalue weighted by atomic mass is 32.1. The molecule has 0 aliphatic heterocycles. The molecule has 2 rings (SSSR count). The molecular weight excluding hydrogens is 228 g/mol. The third kappa shape index (κ3) is 2.33. The number of amides is 2. The molecule has 1 saturated carbocycles. The highest BCUT2D eigenvalue weighted by Gasteiger charge is 2.34. The van der Waals surface area contributed by atoms with E-state index in [-0.39, 0.29) is 17.6 Å². The molecule has 0 radical (unpaired) electrons. The standard InChI is InChI=1S/C10H12N2O3S/c1-5-4-7(5)11-10(15)12-8-6(9(13)14)2-3-16-8/h2-3,5,7H,4H2,1H3,(H,13,14)(H2,11,12,15). The maximum atomic E-state index is 11.5. The van der Waals surface area contributed by atoms with Gasteiger partial charge in [0.15, 0.2) is 0 Å². The summed E-state index contributed by atoms with van der Waals surface area (Å²) in [6, 6.07) is 1.37. The Bertz CT molecular complexity index is 429. The Hall–Kier alpha value is -1.56. The molecule has 86 valence electrons. The molecule has 1 aliphatic rings. The molecule has 0 aromatic carbocycles. The average Bonchev–Trinajstić information content (AvgIpc) is 2.72. The van der Waals surface area contributed by atoms with Gasteiger partial charge in [0, 0.05) is 6.04 Å². The van der Waals surface area contributed by atoms with Gasteiger partial charge in [0.2, 0.25) is 0 Å². The molecule has 0 spiro atoms. The van der Waals surface area contributed by atoms with Crippen molar-refractivity contribution in [2.24, 2.45) is 5.92 Å². The second-order valence-corrected chi connectivity index (χ2v) is 4.80. The van der Waals surface area contributed by atoms with Crippen LogP contribution < -0.4 is 10.6 Å². The van der Waals surface area contributed by atoms with Crippen LogP contribution in [0, 0.1) is 5.92 Å². The lowest BCUT2D eigenvalue weighted by atomic mass is 10.3. The molecule has 3 N–H and O–H groups in total. The van der Waals surface area contributed by atoms with E-state index in [9.17, 15) is 9.59 Å². The smallest absolute Gasteiger partial charge is 0.338 e. The molecule has 6 heteroatoms. The lowest BCUT2D eigenvalue weighted by Gasteiger charge is -2.05. The van der Waals surface area contributed by atoms with Crippen LogP contribution >= 0.6 is 11.3 Å². The van der Waals surface area contributed by atoms with Gasteiger partial charge in [0.1, 0.15) is 5.00 Å². The predicted molar refractivity (Wildman–Crippen MR) is 61.0 cm³/mol. The second kappa shape index (κ2) is 4.13. The molecule has 2 atom stereocenters. The normalized spacial score (nSPS) is 22.6. The van der Waals surface area contributed by atoms with E-state index in [4.69, 9.17) is 5.11 Å². The molecule has 5 nitrogen and oxygen atoms in total. The summed E-state index contributed by atoms with van der Waals surface area (Å²) in [6.45, 7) is 2.05. The van der Waals surface area contributed by atoms with E-state index in [1.807, 2.05) is 0 Å². The Kier molecular flexibility index (Phi) is 2.82. The lowest BCUT2D eigenvalue weighted by molar-refractivity contribution is 0.0698. The van der Waals surface area contributed by atoms with E-state index in [1.54, 1.807) is 5.38 Å². The number of thiophene rings is 1. The Balaban J connectivity index is 1.95. The molecule has 1 aromatic rings. The summed E-state index contributed by atoms with van der Waals surface area (Å²) in [5, 5.41) is 16.2. The fourth-order valence-electron chi connectivity index (χ4n) is 1.41. The SMILES string of the molecule is CC1CC1NC(=O)Nc1sccc1C(=O)O. The number of carbonyl (C=O) groups is 2. The first-order valence-electron chi connectivity index (χ1n) is 4.96. The predicted octanol–water partition coefficient (Wildman–Crippen LogP) is 1.98. The van der Waals surface area contributed by atoms with Crippen molar-refractivity contribution in [1.29, 1.82) is 0 Å². The van der Waals surface area contributed by atoms with Gasteiger partial charge < -0.3 is 10.4 Å². The van der Waals surface area contributed by atoms with Gasteiger partial charge in [-0.3, -0.25) is 5.32 Å². The summed E-state index contributed by atoms with van der Waals surface area (Å²) in [5.74, 6) is -0.510. The summed E-state index contributed by atoms with van der Waals surface area (Å²) >= 11 is 1.20. The molecule has 1 aliphatic carbocycles. The largest absolute Gasteiger partial charge is 0.478 e. The minimum Gasteiger partial charge on any atom is -0.478 e. The topological polar surface area (TPSA) is 78.4 Å². The number of aromatic carboxylic acids is 1. The first kappa shape index (κ1) is 10.9. The molecule has 2 amide bonds. The van der Waals surface area contributed by atoms with Gasteiger partial charge in [-0.05, 0) is 23.8 Å². The van der Waals surface area contributed by atoms with Gasteiger partial charge in [-0.15, -0.1) is 11.3 Å². The van der Waals surface area contributed by atoms with Crippen LogP contribution in [-0.4, -0.2) is 23.1 Å². The quantitative estimate of drug-likeness (QED) is 0.755. The van der Waals surface area contributed by atoms with Gasteiger partial charge in [0.05, 0.1) is 5.56 Å². The summed E-state index contributed by atoms with van der Waals surface area (Å²) in [4.78, 5) is 22.3. The first-order chi connectivity index (χ1) is 7.58. The summed E-state index contributed by atoms with van der Waals surface area (Å²) in [6.07, 6.45) is 0.990. The fourth-order valence-corrected chi connectivity index (χ4v) is 2.18. The highest BCUT2D eigenvalue weighted by molar-refractivity contribution is 7.14. The molecular formula is C10H12N2O3S. The van der Waals surface area contributed by atoms with Crippen LogP contribution in [0.15, 0.2) is 11.4 Å². The number of hydrogen-bond donors (Lipinski definition) is 3. The number of hydrogen-bond acceptors (Lipinski definition) is 3. The number of anilines is 1. The van der Waals surface area contributed by atoms with Gasteiger partial charge in [-0.25, -0.2) is 9.59 Å². The van der Waals surface area contributed by atoms with E-state index in [1.165, 1.54) is 17.4 Å². The Labute approximate surface area is 96.5 Å². The number of rotatable bonds is 3. The van der Waals surface area contributed by atoms with Gasteiger partial charge in [-0.1, -0.05) is 6.92 Å². The van der Waals surface area contributed by atoms with Crippen molar-refractivity contribution < 1.29 is 14.7 Å².